The molecule has 3 aromatic rings. The highest BCUT2D eigenvalue weighted by molar-refractivity contribution is 5.96. The first kappa shape index (κ1) is 38.9. The second-order valence-corrected chi connectivity index (χ2v) is 18.1. The van der Waals surface area contributed by atoms with Crippen molar-refractivity contribution in [3.63, 3.8) is 0 Å². The quantitative estimate of drug-likeness (QED) is 0.163. The van der Waals surface area contributed by atoms with Crippen molar-refractivity contribution in [1.82, 2.24) is 10.6 Å². The maximum atomic E-state index is 14.4. The fourth-order valence-electron chi connectivity index (χ4n) is 10.5. The number of epoxide rings is 1. The number of nitrogens with one attached hydrogen (secondary N) is 2. The van der Waals surface area contributed by atoms with Crippen molar-refractivity contribution < 1.29 is 38.4 Å². The van der Waals surface area contributed by atoms with E-state index in [1.807, 2.05) is 48.5 Å². The maximum Gasteiger partial charge on any atom is 0.339 e. The number of allylic oxidation sites excluding steroid dienone is 1. The summed E-state index contributed by atoms with van der Waals surface area (Å²) in [7, 11) is 0. The summed E-state index contributed by atoms with van der Waals surface area (Å²) >= 11 is 0. The number of rotatable bonds is 9. The van der Waals surface area contributed by atoms with E-state index in [-0.39, 0.29) is 55.1 Å². The van der Waals surface area contributed by atoms with Crippen LogP contribution in [0.5, 0.6) is 0 Å². The molecule has 10 nitrogen and oxygen atoms in total. The molecule has 2 aliphatic heterocycles. The first-order chi connectivity index (χ1) is 27.9. The second kappa shape index (κ2) is 15.2. The topological polar surface area (TPSA) is 136 Å². The SMILES string of the molecule is CC1(C)CC2C(=Cc3ccccc3C(=O)OC3CC(C(=O)NCc4cccc(C(=O)NCCO)c4)=CC4OC5(Cc6ccccc6C5)OC43)CCC3OC3(C)CCC21. The Hall–Kier alpha value is -4.61. The predicted octanol–water partition coefficient (Wildman–Crippen LogP) is 6.64. The molecule has 3 aromatic carbocycles. The Kier molecular flexibility index (Phi) is 10.2. The van der Waals surface area contributed by atoms with Crippen LogP contribution in [0.2, 0.25) is 0 Å². The fraction of sp³-hybridized carbons (Fsp3) is 0.479. The van der Waals surface area contributed by atoms with Crippen LogP contribution in [0, 0.1) is 17.3 Å². The number of amides is 2. The van der Waals surface area contributed by atoms with Crippen LogP contribution in [0.4, 0.5) is 0 Å². The lowest BCUT2D eigenvalue weighted by Crippen LogP contribution is -2.45. The molecule has 304 valence electrons. The maximum absolute atomic E-state index is 14.4. The van der Waals surface area contributed by atoms with Crippen LogP contribution in [0.1, 0.15) is 102 Å². The third kappa shape index (κ3) is 7.56. The Labute approximate surface area is 340 Å². The van der Waals surface area contributed by atoms with Crippen molar-refractivity contribution in [2.45, 2.75) is 114 Å². The molecule has 7 unspecified atom stereocenters. The van der Waals surface area contributed by atoms with E-state index < -0.39 is 30.1 Å². The summed E-state index contributed by atoms with van der Waals surface area (Å²) in [6.45, 7) is 7.20. The van der Waals surface area contributed by atoms with E-state index in [2.05, 4.69) is 49.6 Å². The van der Waals surface area contributed by atoms with Crippen LogP contribution < -0.4 is 10.6 Å². The number of hydrogen-bond acceptors (Lipinski definition) is 8. The third-order valence-corrected chi connectivity index (χ3v) is 13.7. The molecule has 3 N–H and O–H groups in total. The van der Waals surface area contributed by atoms with Crippen molar-refractivity contribution >= 4 is 23.9 Å². The third-order valence-electron chi connectivity index (χ3n) is 13.7. The molecular weight excluding hydrogens is 733 g/mol. The molecular formula is C48H54N2O8. The molecule has 2 amide bonds. The van der Waals surface area contributed by atoms with E-state index in [1.54, 1.807) is 18.2 Å². The van der Waals surface area contributed by atoms with Gasteiger partial charge in [0.25, 0.3) is 5.91 Å². The van der Waals surface area contributed by atoms with Gasteiger partial charge in [0.15, 0.2) is 5.79 Å². The van der Waals surface area contributed by atoms with Gasteiger partial charge in [0.2, 0.25) is 5.91 Å². The zero-order valence-electron chi connectivity index (χ0n) is 33.6. The molecule has 2 saturated carbocycles. The molecule has 2 saturated heterocycles. The normalized spacial score (nSPS) is 30.6. The summed E-state index contributed by atoms with van der Waals surface area (Å²) in [6, 6.07) is 22.9. The van der Waals surface area contributed by atoms with Crippen LogP contribution >= 0.6 is 0 Å². The number of benzene rings is 3. The van der Waals surface area contributed by atoms with Gasteiger partial charge in [0, 0.05) is 43.5 Å². The zero-order valence-corrected chi connectivity index (χ0v) is 33.6. The van der Waals surface area contributed by atoms with Gasteiger partial charge in [0.05, 0.1) is 23.9 Å². The van der Waals surface area contributed by atoms with Crippen LogP contribution in [0.15, 0.2) is 90.0 Å². The van der Waals surface area contributed by atoms with Crippen LogP contribution in [-0.2, 0) is 43.1 Å². The Morgan fingerprint density at radius 2 is 1.67 bits per heavy atom. The van der Waals surface area contributed by atoms with Crippen molar-refractivity contribution in [2.75, 3.05) is 13.2 Å². The number of carbonyl (C=O) groups excluding carboxylic acids is 3. The van der Waals surface area contributed by atoms with Crippen LogP contribution in [0.25, 0.3) is 6.08 Å². The Morgan fingerprint density at radius 3 is 2.45 bits per heavy atom. The van der Waals surface area contributed by atoms with Gasteiger partial charge in [-0.2, -0.15) is 0 Å². The Balaban J connectivity index is 0.955. The van der Waals surface area contributed by atoms with Crippen molar-refractivity contribution in [2.24, 2.45) is 17.3 Å². The predicted molar refractivity (Wildman–Crippen MR) is 217 cm³/mol. The first-order valence-electron chi connectivity index (χ1n) is 21.0. The molecule has 0 aromatic heterocycles. The lowest BCUT2D eigenvalue weighted by atomic mass is 9.52. The van der Waals surface area contributed by atoms with Crippen LogP contribution in [-0.4, -0.2) is 71.8 Å². The van der Waals surface area contributed by atoms with Crippen molar-refractivity contribution in [3.05, 3.63) is 123 Å². The molecule has 0 radical (unpaired) electrons. The largest absolute Gasteiger partial charge is 0.456 e. The Bertz CT molecular complexity index is 2150. The van der Waals surface area contributed by atoms with E-state index in [9.17, 15) is 14.4 Å². The van der Waals surface area contributed by atoms with E-state index in [4.69, 9.17) is 24.1 Å². The van der Waals surface area contributed by atoms with Gasteiger partial charge in [-0.3, -0.25) is 9.59 Å². The van der Waals surface area contributed by atoms with Gasteiger partial charge in [-0.1, -0.05) is 80.1 Å². The van der Waals surface area contributed by atoms with Gasteiger partial charge in [-0.15, -0.1) is 0 Å². The summed E-state index contributed by atoms with van der Waals surface area (Å²) in [6.07, 6.45) is 8.92. The highest BCUT2D eigenvalue weighted by atomic mass is 16.8. The standard InChI is InChI=1S/C48H54N2O8/c1-46(2)27-37-31(15-16-41-47(3,57-41)18-17-38(37)46)22-30-10-6-7-14-36(30)45(54)55-39-23-35(44(53)50-28-29-9-8-13-32(21-29)43(52)49-19-20-51)24-40-42(39)58-48(56-40)25-33-11-4-5-12-34(33)26-48/h4-14,21-22,24,37-42,51H,15-20,23,25-28H2,1-3H3,(H,49,52)(H,50,53). The number of aliphatic hydroxyl groups is 1. The lowest BCUT2D eigenvalue weighted by Gasteiger charge is -2.53. The monoisotopic (exact) mass is 786 g/mol. The summed E-state index contributed by atoms with van der Waals surface area (Å²) in [4.78, 5) is 40.8. The summed E-state index contributed by atoms with van der Waals surface area (Å²) in [5, 5.41) is 14.8. The van der Waals surface area contributed by atoms with E-state index in [1.165, 1.54) is 5.57 Å². The smallest absolute Gasteiger partial charge is 0.339 e. The summed E-state index contributed by atoms with van der Waals surface area (Å²) in [5.74, 6) is -0.942. The first-order valence-corrected chi connectivity index (χ1v) is 21.0. The average Bonchev–Trinajstić information content (AvgIpc) is 3.50. The number of ether oxygens (including phenoxy) is 4. The minimum Gasteiger partial charge on any atom is -0.456 e. The molecule has 7 atom stereocenters. The van der Waals surface area contributed by atoms with E-state index in [0.29, 0.717) is 41.4 Å². The van der Waals surface area contributed by atoms with Crippen molar-refractivity contribution in [3.8, 4) is 0 Å². The second-order valence-electron chi connectivity index (χ2n) is 18.1. The van der Waals surface area contributed by atoms with E-state index >= 15 is 0 Å². The zero-order chi connectivity index (χ0) is 40.2. The number of esters is 1. The average molecular weight is 787 g/mol. The summed E-state index contributed by atoms with van der Waals surface area (Å²) < 4.78 is 26.1. The lowest BCUT2D eigenvalue weighted by molar-refractivity contribution is -0.172. The number of hydrogen-bond donors (Lipinski definition) is 3. The minimum absolute atomic E-state index is 0.00848. The number of fused-ring (bicyclic) bond motifs is 4. The Morgan fingerprint density at radius 1 is 0.897 bits per heavy atom. The number of aliphatic hydroxyl groups excluding tert-OH is 1. The molecule has 10 heteroatoms. The molecule has 9 rings (SSSR count). The highest BCUT2D eigenvalue weighted by Gasteiger charge is 2.57. The molecule has 2 heterocycles. The van der Waals surface area contributed by atoms with Gasteiger partial charge < -0.3 is 34.7 Å². The van der Waals surface area contributed by atoms with Gasteiger partial charge in [-0.25, -0.2) is 4.79 Å². The van der Waals surface area contributed by atoms with Crippen LogP contribution in [0.3, 0.4) is 0 Å². The van der Waals surface area contributed by atoms with Gasteiger partial charge >= 0.3 is 5.97 Å². The van der Waals surface area contributed by atoms with Gasteiger partial charge in [-0.05, 0) is 103 Å². The number of carbonyl (C=O) groups is 3. The summed E-state index contributed by atoms with van der Waals surface area (Å²) in [5.41, 5.74) is 6.91. The minimum atomic E-state index is -0.920. The van der Waals surface area contributed by atoms with Gasteiger partial charge in [0.1, 0.15) is 18.3 Å². The van der Waals surface area contributed by atoms with Crippen molar-refractivity contribution in [1.29, 1.82) is 0 Å². The highest BCUT2D eigenvalue weighted by Crippen LogP contribution is 2.60. The molecule has 4 fully saturated rings. The molecule has 0 bridgehead atoms. The molecule has 4 aliphatic carbocycles. The molecule has 1 spiro atoms. The van der Waals surface area contributed by atoms with E-state index in [0.717, 1.165) is 54.4 Å². The fourth-order valence-corrected chi connectivity index (χ4v) is 10.5. The molecule has 6 aliphatic rings. The molecule has 58 heavy (non-hydrogen) atoms.